The van der Waals surface area contributed by atoms with Crippen molar-refractivity contribution in [3.05, 3.63) is 64.9 Å². The van der Waals surface area contributed by atoms with E-state index in [1.165, 1.54) is 11.0 Å². The van der Waals surface area contributed by atoms with Gasteiger partial charge < -0.3 is 15.0 Å². The third kappa shape index (κ3) is 6.23. The Morgan fingerprint density at radius 3 is 2.36 bits per heavy atom. The summed E-state index contributed by atoms with van der Waals surface area (Å²) in [5.41, 5.74) is 0.325. The number of amides is 2. The number of hydrogen-bond donors (Lipinski definition) is 1. The van der Waals surface area contributed by atoms with E-state index in [0.29, 0.717) is 16.3 Å². The molecule has 2 aromatic carbocycles. The van der Waals surface area contributed by atoms with Crippen LogP contribution in [0.5, 0.6) is 5.75 Å². The standard InChI is InChI=1S/C21H24ClFN2O3/c1-14(2)24-21(27)15(3)25(12-16-6-4-5-7-19(16)23)20(26)13-28-18-10-8-17(22)9-11-18/h4-11,14-15H,12-13H2,1-3H3,(H,24,27). The lowest BCUT2D eigenvalue weighted by Gasteiger charge is -2.29. The molecule has 5 nitrogen and oxygen atoms in total. The Bertz CT molecular complexity index is 812. The number of ether oxygens (including phenoxy) is 1. The van der Waals surface area contributed by atoms with Crippen molar-refractivity contribution in [2.45, 2.75) is 39.4 Å². The zero-order chi connectivity index (χ0) is 20.7. The van der Waals surface area contributed by atoms with Crippen LogP contribution < -0.4 is 10.1 Å². The number of carbonyl (C=O) groups is 2. The Hall–Kier alpha value is -2.60. The van der Waals surface area contributed by atoms with E-state index in [0.717, 1.165) is 0 Å². The average Bonchev–Trinajstić information content (AvgIpc) is 2.65. The molecular weight excluding hydrogens is 383 g/mol. The maximum atomic E-state index is 14.1. The van der Waals surface area contributed by atoms with Gasteiger partial charge in [0, 0.05) is 23.2 Å². The molecule has 28 heavy (non-hydrogen) atoms. The zero-order valence-electron chi connectivity index (χ0n) is 16.1. The average molecular weight is 407 g/mol. The van der Waals surface area contributed by atoms with Crippen molar-refractivity contribution >= 4 is 23.4 Å². The fourth-order valence-corrected chi connectivity index (χ4v) is 2.68. The van der Waals surface area contributed by atoms with E-state index < -0.39 is 17.8 Å². The van der Waals surface area contributed by atoms with E-state index >= 15 is 0 Å². The second-order valence-electron chi connectivity index (χ2n) is 6.69. The van der Waals surface area contributed by atoms with Crippen LogP contribution in [0.2, 0.25) is 5.02 Å². The van der Waals surface area contributed by atoms with Gasteiger partial charge in [-0.3, -0.25) is 9.59 Å². The molecule has 0 aliphatic carbocycles. The van der Waals surface area contributed by atoms with Gasteiger partial charge in [-0.05, 0) is 51.1 Å². The highest BCUT2D eigenvalue weighted by atomic mass is 35.5. The van der Waals surface area contributed by atoms with Gasteiger partial charge in [-0.25, -0.2) is 4.39 Å². The maximum absolute atomic E-state index is 14.1. The summed E-state index contributed by atoms with van der Waals surface area (Å²) in [5.74, 6) is -0.700. The Labute approximate surface area is 169 Å². The summed E-state index contributed by atoms with van der Waals surface area (Å²) in [6.07, 6.45) is 0. The van der Waals surface area contributed by atoms with Gasteiger partial charge in [-0.1, -0.05) is 29.8 Å². The highest BCUT2D eigenvalue weighted by Gasteiger charge is 2.27. The Morgan fingerprint density at radius 2 is 1.75 bits per heavy atom. The summed E-state index contributed by atoms with van der Waals surface area (Å²) in [5, 5.41) is 3.33. The Morgan fingerprint density at radius 1 is 1.11 bits per heavy atom. The van der Waals surface area contributed by atoms with Gasteiger partial charge in [0.2, 0.25) is 5.91 Å². The number of carbonyl (C=O) groups excluding carboxylic acids is 2. The molecular formula is C21H24ClFN2O3. The SMILES string of the molecule is CC(C)NC(=O)C(C)N(Cc1ccccc1F)C(=O)COc1ccc(Cl)cc1. The first-order valence-corrected chi connectivity index (χ1v) is 9.37. The molecule has 0 radical (unpaired) electrons. The van der Waals surface area contributed by atoms with E-state index in [9.17, 15) is 14.0 Å². The topological polar surface area (TPSA) is 58.6 Å². The molecule has 7 heteroatoms. The lowest BCUT2D eigenvalue weighted by Crippen LogP contribution is -2.50. The fourth-order valence-electron chi connectivity index (χ4n) is 2.56. The first-order valence-electron chi connectivity index (χ1n) is 8.99. The van der Waals surface area contributed by atoms with Crippen LogP contribution in [0.15, 0.2) is 48.5 Å². The predicted molar refractivity (Wildman–Crippen MR) is 107 cm³/mol. The number of rotatable bonds is 8. The van der Waals surface area contributed by atoms with Gasteiger partial charge in [0.15, 0.2) is 6.61 Å². The minimum atomic E-state index is -0.789. The van der Waals surface area contributed by atoms with Crippen LogP contribution in [0.3, 0.4) is 0 Å². The summed E-state index contributed by atoms with van der Waals surface area (Å²) in [6, 6.07) is 11.9. The molecule has 0 saturated carbocycles. The third-order valence-corrected chi connectivity index (χ3v) is 4.32. The smallest absolute Gasteiger partial charge is 0.261 e. The van der Waals surface area contributed by atoms with E-state index in [-0.39, 0.29) is 25.1 Å². The van der Waals surface area contributed by atoms with Crippen molar-refractivity contribution in [2.75, 3.05) is 6.61 Å². The normalized spacial score (nSPS) is 11.8. The number of halogens is 2. The molecule has 1 unspecified atom stereocenters. The minimum Gasteiger partial charge on any atom is -0.484 e. The maximum Gasteiger partial charge on any atom is 0.261 e. The predicted octanol–water partition coefficient (Wildman–Crippen LogP) is 3.80. The fraction of sp³-hybridized carbons (Fsp3) is 0.333. The summed E-state index contributed by atoms with van der Waals surface area (Å²) in [7, 11) is 0. The molecule has 0 fully saturated rings. The van der Waals surface area contributed by atoms with Gasteiger partial charge in [0.05, 0.1) is 0 Å². The zero-order valence-corrected chi connectivity index (χ0v) is 16.9. The van der Waals surface area contributed by atoms with Crippen LogP contribution in [0.1, 0.15) is 26.3 Å². The van der Waals surface area contributed by atoms with Gasteiger partial charge in [-0.15, -0.1) is 0 Å². The molecule has 0 aliphatic rings. The number of benzene rings is 2. The number of nitrogens with zero attached hydrogens (tertiary/aromatic N) is 1. The second kappa shape index (κ2) is 10.1. The first kappa shape index (κ1) is 21.7. The van der Waals surface area contributed by atoms with Crippen LogP contribution in [0.4, 0.5) is 4.39 Å². The second-order valence-corrected chi connectivity index (χ2v) is 7.13. The Balaban J connectivity index is 2.15. The summed E-state index contributed by atoms with van der Waals surface area (Å²) in [4.78, 5) is 26.5. The molecule has 0 heterocycles. The number of nitrogens with one attached hydrogen (secondary N) is 1. The van der Waals surface area contributed by atoms with Crippen molar-refractivity contribution in [1.82, 2.24) is 10.2 Å². The van der Waals surface area contributed by atoms with Crippen molar-refractivity contribution in [1.29, 1.82) is 0 Å². The van der Waals surface area contributed by atoms with Gasteiger partial charge in [0.25, 0.3) is 5.91 Å². The monoisotopic (exact) mass is 406 g/mol. The van der Waals surface area contributed by atoms with Crippen molar-refractivity contribution in [2.24, 2.45) is 0 Å². The van der Waals surface area contributed by atoms with Crippen molar-refractivity contribution in [3.63, 3.8) is 0 Å². The molecule has 2 aromatic rings. The first-order chi connectivity index (χ1) is 13.3. The minimum absolute atomic E-state index is 0.0395. The molecule has 150 valence electrons. The van der Waals surface area contributed by atoms with Gasteiger partial charge in [0.1, 0.15) is 17.6 Å². The molecule has 0 saturated heterocycles. The summed E-state index contributed by atoms with van der Waals surface area (Å²) < 4.78 is 19.6. The van der Waals surface area contributed by atoms with Gasteiger partial charge in [-0.2, -0.15) is 0 Å². The van der Waals surface area contributed by atoms with Crippen LogP contribution in [-0.2, 0) is 16.1 Å². The Kier molecular flexibility index (Phi) is 7.81. The van der Waals surface area contributed by atoms with Crippen molar-refractivity contribution < 1.29 is 18.7 Å². The van der Waals surface area contributed by atoms with Gasteiger partial charge >= 0.3 is 0 Å². The molecule has 0 bridgehead atoms. The molecule has 0 aliphatic heterocycles. The van der Waals surface area contributed by atoms with Crippen LogP contribution in [0, 0.1) is 5.82 Å². The van der Waals surface area contributed by atoms with Crippen molar-refractivity contribution in [3.8, 4) is 5.75 Å². The van der Waals surface area contributed by atoms with Crippen LogP contribution >= 0.6 is 11.6 Å². The summed E-state index contributed by atoms with van der Waals surface area (Å²) >= 11 is 5.84. The molecule has 2 rings (SSSR count). The molecule has 1 N–H and O–H groups in total. The van der Waals surface area contributed by atoms with E-state index in [2.05, 4.69) is 5.32 Å². The largest absolute Gasteiger partial charge is 0.484 e. The quantitative estimate of drug-likeness (QED) is 0.725. The summed E-state index contributed by atoms with van der Waals surface area (Å²) in [6.45, 7) is 4.95. The lowest BCUT2D eigenvalue weighted by atomic mass is 10.1. The highest BCUT2D eigenvalue weighted by Crippen LogP contribution is 2.17. The number of hydrogen-bond acceptors (Lipinski definition) is 3. The van der Waals surface area contributed by atoms with Crippen LogP contribution in [-0.4, -0.2) is 35.4 Å². The van der Waals surface area contributed by atoms with E-state index in [4.69, 9.17) is 16.3 Å². The highest BCUT2D eigenvalue weighted by molar-refractivity contribution is 6.30. The molecule has 2 amide bonds. The van der Waals surface area contributed by atoms with E-state index in [1.54, 1.807) is 49.4 Å². The lowest BCUT2D eigenvalue weighted by molar-refractivity contribution is -0.142. The molecule has 1 atom stereocenters. The third-order valence-electron chi connectivity index (χ3n) is 4.07. The van der Waals surface area contributed by atoms with E-state index in [1.807, 2.05) is 13.8 Å². The molecule has 0 aromatic heterocycles. The molecule has 0 spiro atoms. The van der Waals surface area contributed by atoms with Crippen LogP contribution in [0.25, 0.3) is 0 Å².